The van der Waals surface area contributed by atoms with Crippen LogP contribution in [0.4, 0.5) is 0 Å². The van der Waals surface area contributed by atoms with E-state index in [1.807, 2.05) is 75.6 Å². The molecule has 0 spiro atoms. The number of thioether (sulfide) groups is 1. The largest absolute Gasteiger partial charge is 0.298 e. The number of ketones is 1. The summed E-state index contributed by atoms with van der Waals surface area (Å²) in [7, 11) is -3.61. The van der Waals surface area contributed by atoms with Crippen molar-refractivity contribution in [1.29, 1.82) is 0 Å². The number of para-hydroxylation sites is 1. The van der Waals surface area contributed by atoms with E-state index < -0.39 is 15.4 Å². The summed E-state index contributed by atoms with van der Waals surface area (Å²) in [5.41, 5.74) is 1.02. The minimum Gasteiger partial charge on any atom is -0.298 e. The normalized spacial score (nSPS) is 12.3. The number of aromatic nitrogens is 3. The first-order valence-electron chi connectivity index (χ1n) is 10.9. The first-order chi connectivity index (χ1) is 15.6. The number of nitrogens with zero attached hydrogens (tertiary/aromatic N) is 4. The van der Waals surface area contributed by atoms with E-state index in [1.165, 1.54) is 16.1 Å². The molecule has 0 aliphatic carbocycles. The van der Waals surface area contributed by atoms with Crippen LogP contribution in [0.15, 0.2) is 64.6 Å². The second-order valence-corrected chi connectivity index (χ2v) is 11.4. The number of hydrogen-bond donors (Lipinski definition) is 0. The lowest BCUT2D eigenvalue weighted by Crippen LogP contribution is -2.30. The highest BCUT2D eigenvalue weighted by molar-refractivity contribution is 7.99. The van der Waals surface area contributed by atoms with E-state index in [0.717, 1.165) is 5.69 Å². The standard InChI is InChI=1S/C24H30N4O3S2/c1-6-27(7-2)33(30,31)20-15-11-12-18(16-20)22-25-26-23(32-17-21(29)24(3,4)5)28(22)19-13-9-8-10-14-19/h8-16H,6-7,17H2,1-5H3. The van der Waals surface area contributed by atoms with E-state index in [0.29, 0.717) is 29.6 Å². The van der Waals surface area contributed by atoms with Gasteiger partial charge in [0.2, 0.25) is 10.0 Å². The highest BCUT2D eigenvalue weighted by Gasteiger charge is 2.25. The topological polar surface area (TPSA) is 85.2 Å². The van der Waals surface area contributed by atoms with Crippen molar-refractivity contribution in [2.24, 2.45) is 5.41 Å². The molecule has 0 saturated carbocycles. The van der Waals surface area contributed by atoms with Gasteiger partial charge in [-0.25, -0.2) is 8.42 Å². The first kappa shape index (κ1) is 25.1. The molecule has 176 valence electrons. The molecule has 1 heterocycles. The maximum absolute atomic E-state index is 13.1. The Balaban J connectivity index is 2.07. The van der Waals surface area contributed by atoms with E-state index >= 15 is 0 Å². The molecule has 0 aliphatic heterocycles. The van der Waals surface area contributed by atoms with Crippen molar-refractivity contribution < 1.29 is 13.2 Å². The van der Waals surface area contributed by atoms with Crippen molar-refractivity contribution in [2.75, 3.05) is 18.8 Å². The zero-order valence-corrected chi connectivity index (χ0v) is 21.3. The minimum atomic E-state index is -3.61. The molecule has 0 unspecified atom stereocenters. The Morgan fingerprint density at radius 1 is 1.00 bits per heavy atom. The minimum absolute atomic E-state index is 0.115. The lowest BCUT2D eigenvalue weighted by atomic mass is 9.92. The zero-order valence-electron chi connectivity index (χ0n) is 19.6. The van der Waals surface area contributed by atoms with Crippen LogP contribution in [-0.2, 0) is 14.8 Å². The third-order valence-electron chi connectivity index (χ3n) is 5.25. The average Bonchev–Trinajstić information content (AvgIpc) is 3.22. The number of Topliss-reactive ketones (excluding diaryl/α,β-unsaturated/α-hetero) is 1. The van der Waals surface area contributed by atoms with Gasteiger partial charge < -0.3 is 0 Å². The molecule has 1 aromatic heterocycles. The van der Waals surface area contributed by atoms with Gasteiger partial charge in [-0.15, -0.1) is 10.2 Å². The van der Waals surface area contributed by atoms with E-state index in [1.54, 1.807) is 18.2 Å². The fourth-order valence-corrected chi connectivity index (χ4v) is 5.83. The van der Waals surface area contributed by atoms with Crippen molar-refractivity contribution >= 4 is 27.6 Å². The van der Waals surface area contributed by atoms with Crippen LogP contribution in [0, 0.1) is 5.41 Å². The third-order valence-corrected chi connectivity index (χ3v) is 8.23. The Kier molecular flexibility index (Phi) is 7.76. The van der Waals surface area contributed by atoms with Crippen molar-refractivity contribution in [3.05, 3.63) is 54.6 Å². The number of hydrogen-bond acceptors (Lipinski definition) is 6. The Labute approximate surface area is 200 Å². The van der Waals surface area contributed by atoms with Crippen LogP contribution in [0.2, 0.25) is 0 Å². The molecule has 0 amide bonds. The van der Waals surface area contributed by atoms with Crippen LogP contribution < -0.4 is 0 Å². The SMILES string of the molecule is CCN(CC)S(=O)(=O)c1cccc(-c2nnc(SCC(=O)C(C)(C)C)n2-c2ccccc2)c1. The summed E-state index contributed by atoms with van der Waals surface area (Å²) in [4.78, 5) is 12.7. The van der Waals surface area contributed by atoms with Gasteiger partial charge in [0.05, 0.1) is 10.6 Å². The molecule has 7 nitrogen and oxygen atoms in total. The lowest BCUT2D eigenvalue weighted by molar-refractivity contribution is -0.123. The van der Waals surface area contributed by atoms with Crippen molar-refractivity contribution in [1.82, 2.24) is 19.1 Å². The van der Waals surface area contributed by atoms with Crippen molar-refractivity contribution in [3.8, 4) is 17.1 Å². The van der Waals surface area contributed by atoms with Crippen molar-refractivity contribution in [2.45, 2.75) is 44.7 Å². The van der Waals surface area contributed by atoms with E-state index in [2.05, 4.69) is 10.2 Å². The average molecular weight is 487 g/mol. The Bertz CT molecular complexity index is 1210. The molecule has 0 N–H and O–H groups in total. The molecule has 9 heteroatoms. The molecule has 2 aromatic carbocycles. The summed E-state index contributed by atoms with van der Waals surface area (Å²) in [5, 5.41) is 9.30. The summed E-state index contributed by atoms with van der Waals surface area (Å²) in [6.45, 7) is 10.1. The summed E-state index contributed by atoms with van der Waals surface area (Å²) in [6.07, 6.45) is 0. The van der Waals surface area contributed by atoms with Crippen LogP contribution in [0.1, 0.15) is 34.6 Å². The van der Waals surface area contributed by atoms with Gasteiger partial charge in [-0.1, -0.05) is 76.7 Å². The molecule has 0 bridgehead atoms. The lowest BCUT2D eigenvalue weighted by Gasteiger charge is -2.19. The van der Waals surface area contributed by atoms with Gasteiger partial charge in [-0.3, -0.25) is 9.36 Å². The van der Waals surface area contributed by atoms with Crippen LogP contribution in [0.5, 0.6) is 0 Å². The Morgan fingerprint density at radius 2 is 1.67 bits per heavy atom. The molecule has 3 rings (SSSR count). The second-order valence-electron chi connectivity index (χ2n) is 8.56. The van der Waals surface area contributed by atoms with E-state index in [9.17, 15) is 13.2 Å². The van der Waals surface area contributed by atoms with E-state index in [4.69, 9.17) is 0 Å². The van der Waals surface area contributed by atoms with Crippen LogP contribution >= 0.6 is 11.8 Å². The van der Waals surface area contributed by atoms with E-state index in [-0.39, 0.29) is 16.4 Å². The van der Waals surface area contributed by atoms with Gasteiger partial charge in [0.25, 0.3) is 0 Å². The van der Waals surface area contributed by atoms with Crippen LogP contribution in [0.3, 0.4) is 0 Å². The van der Waals surface area contributed by atoms with Gasteiger partial charge in [0.15, 0.2) is 11.0 Å². The number of carbonyl (C=O) groups is 1. The van der Waals surface area contributed by atoms with Crippen molar-refractivity contribution in [3.63, 3.8) is 0 Å². The predicted molar refractivity (Wildman–Crippen MR) is 132 cm³/mol. The molecular formula is C24H30N4O3S2. The maximum atomic E-state index is 13.1. The van der Waals surface area contributed by atoms with Gasteiger partial charge in [-0.05, 0) is 24.3 Å². The number of sulfonamides is 1. The summed E-state index contributed by atoms with van der Waals surface area (Å²) in [5.74, 6) is 0.901. The van der Waals surface area contributed by atoms with Gasteiger partial charge in [0, 0.05) is 29.8 Å². The number of benzene rings is 2. The summed E-state index contributed by atoms with van der Waals surface area (Å²) in [6, 6.07) is 16.4. The molecule has 33 heavy (non-hydrogen) atoms. The monoisotopic (exact) mass is 486 g/mol. The summed E-state index contributed by atoms with van der Waals surface area (Å²) >= 11 is 1.33. The van der Waals surface area contributed by atoms with Crippen LogP contribution in [-0.4, -0.2) is 52.1 Å². The van der Waals surface area contributed by atoms with Gasteiger partial charge >= 0.3 is 0 Å². The highest BCUT2D eigenvalue weighted by atomic mass is 32.2. The first-order valence-corrected chi connectivity index (χ1v) is 13.3. The summed E-state index contributed by atoms with van der Waals surface area (Å²) < 4.78 is 29.4. The third kappa shape index (κ3) is 5.54. The molecule has 0 saturated heterocycles. The fourth-order valence-electron chi connectivity index (χ4n) is 3.22. The molecule has 0 atom stereocenters. The molecule has 0 radical (unpaired) electrons. The van der Waals surface area contributed by atoms with Gasteiger partial charge in [0.1, 0.15) is 5.78 Å². The molecule has 3 aromatic rings. The van der Waals surface area contributed by atoms with Crippen LogP contribution in [0.25, 0.3) is 17.1 Å². The quantitative estimate of drug-likeness (QED) is 0.409. The Morgan fingerprint density at radius 3 is 2.27 bits per heavy atom. The zero-order chi connectivity index (χ0) is 24.2. The molecule has 0 aliphatic rings. The second kappa shape index (κ2) is 10.2. The van der Waals surface area contributed by atoms with Gasteiger partial charge in [-0.2, -0.15) is 4.31 Å². The number of rotatable bonds is 9. The maximum Gasteiger partial charge on any atom is 0.243 e. The highest BCUT2D eigenvalue weighted by Crippen LogP contribution is 2.30. The predicted octanol–water partition coefficient (Wildman–Crippen LogP) is 4.67. The molecular weight excluding hydrogens is 456 g/mol. The molecule has 0 fully saturated rings. The fraction of sp³-hybridized carbons (Fsp3) is 0.375. The smallest absolute Gasteiger partial charge is 0.243 e. The Hall–Kier alpha value is -2.49. The number of carbonyl (C=O) groups excluding carboxylic acids is 1.